The molecule has 0 saturated heterocycles. The van der Waals surface area contributed by atoms with Gasteiger partial charge in [-0.15, -0.1) is 0 Å². The average Bonchev–Trinajstić information content (AvgIpc) is 2.97. The molecule has 2 atom stereocenters. The van der Waals surface area contributed by atoms with Crippen LogP contribution in [0.3, 0.4) is 0 Å². The molecule has 1 aliphatic rings. The number of nitrogens with zero attached hydrogens (tertiary/aromatic N) is 2. The van der Waals surface area contributed by atoms with Crippen molar-refractivity contribution in [2.24, 2.45) is 13.0 Å². The standard InChI is InChI=1S/C14H25N3S/c1-3-8-15-13-6-4-5-12(13)7-11-18-14-16-9-10-17(14)2/h9-10,12-13,15H,3-8,11H2,1-2H3. The van der Waals surface area contributed by atoms with Crippen LogP contribution in [0.15, 0.2) is 17.6 Å². The Morgan fingerprint density at radius 1 is 1.50 bits per heavy atom. The molecule has 1 aromatic heterocycles. The van der Waals surface area contributed by atoms with Crippen LogP contribution in [-0.2, 0) is 7.05 Å². The number of rotatable bonds is 7. The first-order chi connectivity index (χ1) is 8.81. The molecule has 1 saturated carbocycles. The topological polar surface area (TPSA) is 29.9 Å². The molecule has 1 fully saturated rings. The maximum Gasteiger partial charge on any atom is 0.167 e. The Labute approximate surface area is 115 Å². The van der Waals surface area contributed by atoms with Crippen molar-refractivity contribution in [2.75, 3.05) is 12.3 Å². The molecule has 102 valence electrons. The van der Waals surface area contributed by atoms with Crippen LogP contribution in [-0.4, -0.2) is 27.9 Å². The van der Waals surface area contributed by atoms with Crippen LogP contribution in [0.1, 0.15) is 39.0 Å². The van der Waals surface area contributed by atoms with Gasteiger partial charge in [-0.05, 0) is 38.1 Å². The van der Waals surface area contributed by atoms with E-state index in [1.54, 1.807) is 0 Å². The summed E-state index contributed by atoms with van der Waals surface area (Å²) in [7, 11) is 2.07. The highest BCUT2D eigenvalue weighted by Crippen LogP contribution is 2.30. The molecule has 3 nitrogen and oxygen atoms in total. The third-order valence-electron chi connectivity index (χ3n) is 3.81. The van der Waals surface area contributed by atoms with E-state index in [2.05, 4.69) is 28.8 Å². The van der Waals surface area contributed by atoms with Gasteiger partial charge in [0.25, 0.3) is 0 Å². The SMILES string of the molecule is CCCNC1CCCC1CCSc1nccn1C. The van der Waals surface area contributed by atoms with Crippen molar-refractivity contribution in [3.63, 3.8) is 0 Å². The average molecular weight is 267 g/mol. The lowest BCUT2D eigenvalue weighted by Crippen LogP contribution is -2.33. The van der Waals surface area contributed by atoms with Crippen LogP contribution in [0.25, 0.3) is 0 Å². The highest BCUT2D eigenvalue weighted by atomic mass is 32.2. The van der Waals surface area contributed by atoms with Crippen LogP contribution >= 0.6 is 11.8 Å². The molecule has 1 heterocycles. The Morgan fingerprint density at radius 3 is 3.11 bits per heavy atom. The Bertz CT molecular complexity index is 351. The number of aromatic nitrogens is 2. The van der Waals surface area contributed by atoms with E-state index in [0.717, 1.165) is 17.1 Å². The predicted molar refractivity (Wildman–Crippen MR) is 78.0 cm³/mol. The van der Waals surface area contributed by atoms with Crippen molar-refractivity contribution in [1.82, 2.24) is 14.9 Å². The summed E-state index contributed by atoms with van der Waals surface area (Å²) in [4.78, 5) is 4.36. The van der Waals surface area contributed by atoms with E-state index in [9.17, 15) is 0 Å². The predicted octanol–water partition coefficient (Wildman–Crippen LogP) is 3.07. The summed E-state index contributed by atoms with van der Waals surface area (Å²) in [5, 5.41) is 4.85. The van der Waals surface area contributed by atoms with Crippen molar-refractivity contribution >= 4 is 11.8 Å². The molecule has 0 bridgehead atoms. The molecule has 0 aromatic carbocycles. The second kappa shape index (κ2) is 7.19. The van der Waals surface area contributed by atoms with Crippen molar-refractivity contribution in [2.45, 2.75) is 50.2 Å². The molecular weight excluding hydrogens is 242 g/mol. The molecule has 0 aliphatic heterocycles. The van der Waals surface area contributed by atoms with Gasteiger partial charge < -0.3 is 9.88 Å². The Kier molecular flexibility index (Phi) is 5.57. The van der Waals surface area contributed by atoms with Gasteiger partial charge in [0, 0.05) is 31.2 Å². The van der Waals surface area contributed by atoms with E-state index in [0.29, 0.717) is 0 Å². The van der Waals surface area contributed by atoms with Gasteiger partial charge in [0.2, 0.25) is 0 Å². The number of hydrogen-bond acceptors (Lipinski definition) is 3. The van der Waals surface area contributed by atoms with Crippen molar-refractivity contribution in [1.29, 1.82) is 0 Å². The van der Waals surface area contributed by atoms with E-state index >= 15 is 0 Å². The minimum Gasteiger partial charge on any atom is -0.329 e. The molecule has 4 heteroatoms. The summed E-state index contributed by atoms with van der Waals surface area (Å²) in [5.41, 5.74) is 0. The van der Waals surface area contributed by atoms with Gasteiger partial charge in [-0.3, -0.25) is 0 Å². The molecule has 0 radical (unpaired) electrons. The zero-order valence-electron chi connectivity index (χ0n) is 11.6. The van der Waals surface area contributed by atoms with Gasteiger partial charge in [-0.25, -0.2) is 4.98 Å². The molecule has 2 unspecified atom stereocenters. The number of nitrogens with one attached hydrogen (secondary N) is 1. The van der Waals surface area contributed by atoms with Crippen LogP contribution < -0.4 is 5.32 Å². The Morgan fingerprint density at radius 2 is 2.39 bits per heavy atom. The highest BCUT2D eigenvalue weighted by Gasteiger charge is 2.26. The van der Waals surface area contributed by atoms with Gasteiger partial charge >= 0.3 is 0 Å². The third kappa shape index (κ3) is 3.75. The lowest BCUT2D eigenvalue weighted by molar-refractivity contribution is 0.393. The molecule has 18 heavy (non-hydrogen) atoms. The quantitative estimate of drug-likeness (QED) is 0.770. The summed E-state index contributed by atoms with van der Waals surface area (Å²) in [6.07, 6.45) is 10.6. The van der Waals surface area contributed by atoms with Crippen LogP contribution in [0.5, 0.6) is 0 Å². The molecule has 1 aliphatic carbocycles. The molecular formula is C14H25N3S. The van der Waals surface area contributed by atoms with Gasteiger partial charge in [0.05, 0.1) is 0 Å². The number of aryl methyl sites for hydroxylation is 1. The highest BCUT2D eigenvalue weighted by molar-refractivity contribution is 7.99. The van der Waals surface area contributed by atoms with Crippen molar-refractivity contribution in [3.8, 4) is 0 Å². The van der Waals surface area contributed by atoms with Crippen LogP contribution in [0.2, 0.25) is 0 Å². The maximum absolute atomic E-state index is 4.36. The minimum absolute atomic E-state index is 0.770. The van der Waals surface area contributed by atoms with Gasteiger partial charge in [-0.1, -0.05) is 25.1 Å². The molecule has 0 spiro atoms. The smallest absolute Gasteiger partial charge is 0.167 e. The van der Waals surface area contributed by atoms with Gasteiger partial charge in [0.15, 0.2) is 5.16 Å². The van der Waals surface area contributed by atoms with Crippen molar-refractivity contribution < 1.29 is 0 Å². The maximum atomic E-state index is 4.36. The van der Waals surface area contributed by atoms with E-state index < -0.39 is 0 Å². The number of thioether (sulfide) groups is 1. The van der Waals surface area contributed by atoms with Gasteiger partial charge in [-0.2, -0.15) is 0 Å². The lowest BCUT2D eigenvalue weighted by atomic mass is 10.0. The first-order valence-corrected chi connectivity index (χ1v) is 8.13. The summed E-state index contributed by atoms with van der Waals surface area (Å²) < 4.78 is 2.10. The summed E-state index contributed by atoms with van der Waals surface area (Å²) in [6.45, 7) is 3.42. The fraction of sp³-hybridized carbons (Fsp3) is 0.786. The third-order valence-corrected chi connectivity index (χ3v) is 4.90. The summed E-state index contributed by atoms with van der Waals surface area (Å²) >= 11 is 1.89. The summed E-state index contributed by atoms with van der Waals surface area (Å²) in [6, 6.07) is 0.770. The number of hydrogen-bond donors (Lipinski definition) is 1. The van der Waals surface area contributed by atoms with Gasteiger partial charge in [0.1, 0.15) is 0 Å². The zero-order chi connectivity index (χ0) is 12.8. The molecule has 0 amide bonds. The van der Waals surface area contributed by atoms with E-state index in [1.165, 1.54) is 44.4 Å². The van der Waals surface area contributed by atoms with E-state index in [4.69, 9.17) is 0 Å². The first-order valence-electron chi connectivity index (χ1n) is 7.14. The second-order valence-electron chi connectivity index (χ2n) is 5.21. The monoisotopic (exact) mass is 267 g/mol. The first kappa shape index (κ1) is 13.9. The lowest BCUT2D eigenvalue weighted by Gasteiger charge is -2.20. The largest absolute Gasteiger partial charge is 0.329 e. The normalized spacial score (nSPS) is 23.7. The van der Waals surface area contributed by atoms with Crippen LogP contribution in [0.4, 0.5) is 0 Å². The van der Waals surface area contributed by atoms with E-state index in [1.807, 2.05) is 24.2 Å². The zero-order valence-corrected chi connectivity index (χ0v) is 12.4. The second-order valence-corrected chi connectivity index (χ2v) is 6.27. The summed E-state index contributed by atoms with van der Waals surface area (Å²) in [5.74, 6) is 2.07. The molecule has 2 rings (SSSR count). The van der Waals surface area contributed by atoms with Crippen LogP contribution in [0, 0.1) is 5.92 Å². The Hall–Kier alpha value is -0.480. The van der Waals surface area contributed by atoms with Crippen molar-refractivity contribution in [3.05, 3.63) is 12.4 Å². The van der Waals surface area contributed by atoms with E-state index in [-0.39, 0.29) is 0 Å². The molecule has 1 aromatic rings. The fourth-order valence-corrected chi connectivity index (χ4v) is 3.78. The minimum atomic E-state index is 0.770. The Balaban J connectivity index is 1.71. The molecule has 1 N–H and O–H groups in total. The number of imidazole rings is 1. The fourth-order valence-electron chi connectivity index (χ4n) is 2.77.